The molecule has 4 unspecified atom stereocenters. The molecule has 0 aromatic rings. The third kappa shape index (κ3) is 55.7. The zero-order valence-corrected chi connectivity index (χ0v) is 54.2. The molecule has 6 atom stereocenters. The van der Waals surface area contributed by atoms with Crippen molar-refractivity contribution in [3.05, 3.63) is 0 Å². The highest BCUT2D eigenvalue weighted by Crippen LogP contribution is 2.45. The number of aliphatic hydroxyl groups excluding tert-OH is 1. The van der Waals surface area contributed by atoms with Gasteiger partial charge in [0.05, 0.1) is 26.4 Å². The number of carbonyl (C=O) groups is 4. The van der Waals surface area contributed by atoms with Gasteiger partial charge < -0.3 is 33.8 Å². The van der Waals surface area contributed by atoms with Gasteiger partial charge in [0.1, 0.15) is 19.3 Å². The fourth-order valence-electron chi connectivity index (χ4n) is 9.04. The maximum atomic E-state index is 12.9. The van der Waals surface area contributed by atoms with Gasteiger partial charge >= 0.3 is 39.5 Å². The van der Waals surface area contributed by atoms with E-state index in [9.17, 15) is 43.2 Å². The third-order valence-electron chi connectivity index (χ3n) is 14.4. The number of rotatable bonds is 59. The van der Waals surface area contributed by atoms with Gasteiger partial charge in [0.25, 0.3) is 0 Å². The van der Waals surface area contributed by atoms with E-state index in [4.69, 9.17) is 37.0 Å². The maximum absolute atomic E-state index is 12.9. The molecule has 81 heavy (non-hydrogen) atoms. The Morgan fingerprint density at radius 1 is 0.346 bits per heavy atom. The van der Waals surface area contributed by atoms with Crippen molar-refractivity contribution in [3.63, 3.8) is 0 Å². The van der Waals surface area contributed by atoms with Crippen molar-refractivity contribution in [2.24, 2.45) is 23.7 Å². The molecule has 0 aliphatic heterocycles. The smallest absolute Gasteiger partial charge is 0.462 e. The minimum Gasteiger partial charge on any atom is -0.462 e. The summed E-state index contributed by atoms with van der Waals surface area (Å²) in [5, 5.41) is 10.5. The van der Waals surface area contributed by atoms with Crippen LogP contribution in [0.1, 0.15) is 293 Å². The number of esters is 4. The normalized spacial score (nSPS) is 14.8. The number of phosphoric ester groups is 2. The van der Waals surface area contributed by atoms with Crippen molar-refractivity contribution in [2.45, 2.75) is 311 Å². The van der Waals surface area contributed by atoms with Crippen molar-refractivity contribution in [2.75, 3.05) is 39.6 Å². The molecule has 17 nitrogen and oxygen atoms in total. The van der Waals surface area contributed by atoms with E-state index in [1.165, 1.54) is 89.9 Å². The predicted molar refractivity (Wildman–Crippen MR) is 321 cm³/mol. The Kier molecular flexibility index (Phi) is 51.1. The molecule has 480 valence electrons. The summed E-state index contributed by atoms with van der Waals surface area (Å²) >= 11 is 0. The second-order valence-electron chi connectivity index (χ2n) is 24.1. The fourth-order valence-corrected chi connectivity index (χ4v) is 10.6. The lowest BCUT2D eigenvalue weighted by Crippen LogP contribution is -2.30. The van der Waals surface area contributed by atoms with Gasteiger partial charge in [-0.05, 0) is 49.4 Å². The van der Waals surface area contributed by atoms with Crippen LogP contribution in [0, 0.1) is 23.7 Å². The van der Waals surface area contributed by atoms with E-state index in [1.807, 2.05) is 0 Å². The number of hydrogen-bond acceptors (Lipinski definition) is 15. The first-order chi connectivity index (χ1) is 38.6. The van der Waals surface area contributed by atoms with Gasteiger partial charge in [-0.25, -0.2) is 9.13 Å². The van der Waals surface area contributed by atoms with Gasteiger partial charge in [-0.3, -0.25) is 37.3 Å². The Labute approximate surface area is 492 Å². The van der Waals surface area contributed by atoms with Gasteiger partial charge in [-0.15, -0.1) is 0 Å². The predicted octanol–water partition coefficient (Wildman–Crippen LogP) is 16.6. The molecular formula is C62H120O17P2. The number of ether oxygens (including phenoxy) is 4. The molecule has 0 radical (unpaired) electrons. The number of hydrogen-bond donors (Lipinski definition) is 3. The zero-order chi connectivity index (χ0) is 60.4. The molecule has 0 bridgehead atoms. The Bertz CT molecular complexity index is 1630. The minimum absolute atomic E-state index is 0.101. The van der Waals surface area contributed by atoms with Crippen LogP contribution in [0.5, 0.6) is 0 Å². The molecule has 0 aliphatic carbocycles. The number of carbonyl (C=O) groups excluding carboxylic acids is 4. The standard InChI is InChI=1S/C62H120O17P2/c1-9-55(8)41-33-25-19-21-27-35-43-60(65)73-49-57(78-61(66)44-36-28-17-13-11-15-23-31-39-53(4)5)50-76-80(68,69)74-46-56(63)47-75-81(70,71)77-51-58(79-62(67)45-37-29-20-18-24-32-40-54(6)7)48-72-59(64)42-34-26-16-12-10-14-22-30-38-52(2)3/h52-58,63H,9-51H2,1-8H3,(H,68,69)(H,70,71)/t55?,56?,57-,58-/m1/s1. The highest BCUT2D eigenvalue weighted by Gasteiger charge is 2.30. The fraction of sp³-hybridized carbons (Fsp3) is 0.935. The zero-order valence-electron chi connectivity index (χ0n) is 52.4. The first-order valence-electron chi connectivity index (χ1n) is 32.2. The van der Waals surface area contributed by atoms with E-state index in [0.29, 0.717) is 31.6 Å². The van der Waals surface area contributed by atoms with Crippen molar-refractivity contribution >= 4 is 39.5 Å². The molecule has 0 rings (SSSR count). The SMILES string of the molecule is CCC(C)CCCCCCCCC(=O)OC[C@H](COP(=O)(O)OCC(O)COP(=O)(O)OC[C@@H](COC(=O)CCCCCCCCCCC(C)C)OC(=O)CCCCCCCCC(C)C)OC(=O)CCCCCCCCCCC(C)C. The van der Waals surface area contributed by atoms with Crippen molar-refractivity contribution in [1.82, 2.24) is 0 Å². The molecule has 0 saturated carbocycles. The molecule has 0 amide bonds. The largest absolute Gasteiger partial charge is 0.472 e. The Hall–Kier alpha value is -1.94. The summed E-state index contributed by atoms with van der Waals surface area (Å²) in [5.74, 6) is 0.697. The van der Waals surface area contributed by atoms with E-state index in [1.54, 1.807) is 0 Å². The quantitative estimate of drug-likeness (QED) is 0.0222. The minimum atomic E-state index is -4.94. The maximum Gasteiger partial charge on any atom is 0.472 e. The average Bonchev–Trinajstić information content (AvgIpc) is 3.41. The van der Waals surface area contributed by atoms with E-state index in [0.717, 1.165) is 114 Å². The number of aliphatic hydroxyl groups is 1. The van der Waals surface area contributed by atoms with Crippen LogP contribution in [0.25, 0.3) is 0 Å². The summed E-state index contributed by atoms with van der Waals surface area (Å²) in [7, 11) is -9.88. The van der Waals surface area contributed by atoms with Gasteiger partial charge in [0, 0.05) is 25.7 Å². The van der Waals surface area contributed by atoms with Gasteiger partial charge in [0.2, 0.25) is 0 Å². The molecule has 0 aromatic heterocycles. The molecular weight excluding hydrogens is 1080 g/mol. The van der Waals surface area contributed by atoms with Crippen molar-refractivity contribution in [1.29, 1.82) is 0 Å². The van der Waals surface area contributed by atoms with Crippen LogP contribution in [0.3, 0.4) is 0 Å². The molecule has 0 aromatic carbocycles. The Morgan fingerprint density at radius 2 is 0.593 bits per heavy atom. The number of phosphoric acid groups is 2. The van der Waals surface area contributed by atoms with Crippen molar-refractivity contribution in [3.8, 4) is 0 Å². The summed E-state index contributed by atoms with van der Waals surface area (Å²) in [6, 6.07) is 0. The summed E-state index contributed by atoms with van der Waals surface area (Å²) in [4.78, 5) is 72.1. The second kappa shape index (κ2) is 52.4. The lowest BCUT2D eigenvalue weighted by molar-refractivity contribution is -0.161. The van der Waals surface area contributed by atoms with E-state index in [2.05, 4.69) is 55.4 Å². The molecule has 0 saturated heterocycles. The highest BCUT2D eigenvalue weighted by molar-refractivity contribution is 7.47. The summed E-state index contributed by atoms with van der Waals surface area (Å²) in [5.41, 5.74) is 0. The lowest BCUT2D eigenvalue weighted by atomic mass is 10.00. The molecule has 3 N–H and O–H groups in total. The Balaban J connectivity index is 5.25. The van der Waals surface area contributed by atoms with E-state index >= 15 is 0 Å². The van der Waals surface area contributed by atoms with Crippen molar-refractivity contribution < 1.29 is 80.2 Å². The topological polar surface area (TPSA) is 237 Å². The monoisotopic (exact) mass is 1200 g/mol. The molecule has 0 spiro atoms. The average molecular weight is 1200 g/mol. The van der Waals surface area contributed by atoms with Crippen LogP contribution >= 0.6 is 15.6 Å². The first kappa shape index (κ1) is 79.1. The molecule has 0 aliphatic rings. The molecule has 0 fully saturated rings. The lowest BCUT2D eigenvalue weighted by Gasteiger charge is -2.21. The highest BCUT2D eigenvalue weighted by atomic mass is 31.2. The van der Waals surface area contributed by atoms with Gasteiger partial charge in [0.15, 0.2) is 12.2 Å². The first-order valence-corrected chi connectivity index (χ1v) is 35.2. The summed E-state index contributed by atoms with van der Waals surface area (Å²) in [6.07, 6.45) is 31.0. The van der Waals surface area contributed by atoms with E-state index < -0.39 is 97.5 Å². The van der Waals surface area contributed by atoms with Crippen LogP contribution in [0.15, 0.2) is 0 Å². The van der Waals surface area contributed by atoms with Crippen LogP contribution in [0.4, 0.5) is 0 Å². The van der Waals surface area contributed by atoms with Crippen LogP contribution in [-0.2, 0) is 65.4 Å². The molecule has 0 heterocycles. The number of unbranched alkanes of at least 4 members (excludes halogenated alkanes) is 24. The van der Waals surface area contributed by atoms with Crippen LogP contribution < -0.4 is 0 Å². The second-order valence-corrected chi connectivity index (χ2v) is 27.0. The van der Waals surface area contributed by atoms with Gasteiger partial charge in [-0.1, -0.05) is 242 Å². The third-order valence-corrected chi connectivity index (χ3v) is 16.3. The van der Waals surface area contributed by atoms with Crippen LogP contribution in [0.2, 0.25) is 0 Å². The van der Waals surface area contributed by atoms with Crippen LogP contribution in [-0.4, -0.2) is 96.7 Å². The summed E-state index contributed by atoms with van der Waals surface area (Å²) in [6.45, 7) is 13.9. The Morgan fingerprint density at radius 3 is 0.877 bits per heavy atom. The van der Waals surface area contributed by atoms with Gasteiger partial charge in [-0.2, -0.15) is 0 Å². The molecule has 19 heteroatoms. The van der Waals surface area contributed by atoms with E-state index in [-0.39, 0.29) is 25.7 Å². The summed E-state index contributed by atoms with van der Waals surface area (Å²) < 4.78 is 67.9.